The molecular weight excluding hydrogens is 573 g/mol. The molecule has 0 saturated carbocycles. The molecule has 0 bridgehead atoms. The van der Waals surface area contributed by atoms with E-state index in [1.54, 1.807) is 54.6 Å². The number of amides is 1. The average Bonchev–Trinajstić information content (AvgIpc) is 3.51. The van der Waals surface area contributed by atoms with Crippen LogP contribution < -0.4 is 5.32 Å². The Bertz CT molecular complexity index is 1580. The molecule has 41 heavy (non-hydrogen) atoms. The number of methoxy groups -OCH3 is 2. The van der Waals surface area contributed by atoms with Gasteiger partial charge in [-0.05, 0) is 46.3 Å². The van der Waals surface area contributed by atoms with Gasteiger partial charge < -0.3 is 14.8 Å². The molecule has 0 aliphatic heterocycles. The van der Waals surface area contributed by atoms with E-state index in [1.165, 1.54) is 31.3 Å². The van der Waals surface area contributed by atoms with Crippen molar-refractivity contribution in [2.45, 2.75) is 18.9 Å². The summed E-state index contributed by atoms with van der Waals surface area (Å²) in [6.45, 7) is 0. The highest BCUT2D eigenvalue weighted by Gasteiger charge is 2.23. The van der Waals surface area contributed by atoms with Crippen LogP contribution in [-0.4, -0.2) is 62.5 Å². The molecule has 14 heteroatoms. The van der Waals surface area contributed by atoms with E-state index >= 15 is 0 Å². The second kappa shape index (κ2) is 13.6. The fourth-order valence-corrected chi connectivity index (χ4v) is 4.23. The highest BCUT2D eigenvalue weighted by Crippen LogP contribution is 2.28. The summed E-state index contributed by atoms with van der Waals surface area (Å²) in [6.07, 6.45) is 4.15. The lowest BCUT2D eigenvalue weighted by molar-refractivity contribution is -0.141. The van der Waals surface area contributed by atoms with Crippen LogP contribution in [0.25, 0.3) is 23.0 Å². The first-order valence-electron chi connectivity index (χ1n) is 12.0. The first-order chi connectivity index (χ1) is 19.8. The maximum atomic E-state index is 13.0. The number of rotatable bonds is 10. The normalized spacial score (nSPS) is 11.7. The van der Waals surface area contributed by atoms with Crippen molar-refractivity contribution < 1.29 is 23.9 Å². The molecule has 0 spiro atoms. The van der Waals surface area contributed by atoms with Crippen LogP contribution in [0.3, 0.4) is 0 Å². The monoisotopic (exact) mass is 595 g/mol. The quantitative estimate of drug-likeness (QED) is 0.213. The molecule has 1 N–H and O–H groups in total. The van der Waals surface area contributed by atoms with Crippen LogP contribution in [0.15, 0.2) is 60.9 Å². The highest BCUT2D eigenvalue weighted by atomic mass is 35.5. The minimum atomic E-state index is -0.890. The summed E-state index contributed by atoms with van der Waals surface area (Å²) in [5.41, 5.74) is 3.42. The van der Waals surface area contributed by atoms with Gasteiger partial charge in [-0.15, -0.1) is 15.3 Å². The first kappa shape index (κ1) is 29.3. The Labute approximate surface area is 244 Å². The van der Waals surface area contributed by atoms with Gasteiger partial charge in [-0.1, -0.05) is 47.5 Å². The Balaban J connectivity index is 1.59. The maximum absolute atomic E-state index is 13.0. The van der Waals surface area contributed by atoms with Gasteiger partial charge in [0, 0.05) is 27.8 Å². The Hall–Kier alpha value is -4.68. The maximum Gasteiger partial charge on any atom is 0.309 e. The van der Waals surface area contributed by atoms with Crippen molar-refractivity contribution in [2.24, 2.45) is 0 Å². The lowest BCUT2D eigenvalue weighted by Gasteiger charge is -2.18. The first-order valence-corrected chi connectivity index (χ1v) is 12.8. The van der Waals surface area contributed by atoms with E-state index in [0.717, 1.165) is 5.56 Å². The minimum Gasteiger partial charge on any atom is -0.469 e. The molecule has 2 aromatic heterocycles. The SMILES string of the molecule is COC(=O)Cc1ccc(-c2cc(C(CC(=O)OC)NC(=O)/C=C/c3cc(Cl)ccc3-n3cnnn3)c(Cl)nn2)cc1. The zero-order chi connectivity index (χ0) is 29.4. The van der Waals surface area contributed by atoms with Crippen LogP contribution in [-0.2, 0) is 30.3 Å². The molecule has 4 aromatic rings. The number of nitrogens with one attached hydrogen (secondary N) is 1. The predicted octanol–water partition coefficient (Wildman–Crippen LogP) is 3.58. The third kappa shape index (κ3) is 7.71. The van der Waals surface area contributed by atoms with Gasteiger partial charge in [-0.2, -0.15) is 4.68 Å². The molecule has 12 nitrogen and oxygen atoms in total. The van der Waals surface area contributed by atoms with E-state index in [-0.39, 0.29) is 24.0 Å². The van der Waals surface area contributed by atoms with Crippen LogP contribution in [0, 0.1) is 0 Å². The molecule has 1 unspecified atom stereocenters. The number of tetrazole rings is 1. The van der Waals surface area contributed by atoms with Crippen LogP contribution in [0.5, 0.6) is 0 Å². The third-order valence-electron chi connectivity index (χ3n) is 5.89. The lowest BCUT2D eigenvalue weighted by Crippen LogP contribution is -2.29. The lowest BCUT2D eigenvalue weighted by atomic mass is 10.0. The Morgan fingerprint density at radius 1 is 1.00 bits per heavy atom. The summed E-state index contributed by atoms with van der Waals surface area (Å²) < 4.78 is 11.0. The number of nitrogens with zero attached hydrogens (tertiary/aromatic N) is 6. The van der Waals surface area contributed by atoms with E-state index in [9.17, 15) is 14.4 Å². The number of carbonyl (C=O) groups excluding carboxylic acids is 3. The molecule has 0 radical (unpaired) electrons. The average molecular weight is 596 g/mol. The largest absolute Gasteiger partial charge is 0.469 e. The third-order valence-corrected chi connectivity index (χ3v) is 6.42. The molecule has 0 aliphatic rings. The number of ether oxygens (including phenoxy) is 2. The smallest absolute Gasteiger partial charge is 0.309 e. The molecule has 0 saturated heterocycles. The summed E-state index contributed by atoms with van der Waals surface area (Å²) in [5.74, 6) is -1.46. The van der Waals surface area contributed by atoms with Gasteiger partial charge in [-0.3, -0.25) is 14.4 Å². The fraction of sp³-hybridized carbons (Fsp3) is 0.185. The van der Waals surface area contributed by atoms with Crippen molar-refractivity contribution in [3.63, 3.8) is 0 Å². The van der Waals surface area contributed by atoms with Crippen LogP contribution in [0.2, 0.25) is 10.2 Å². The predicted molar refractivity (Wildman–Crippen MR) is 149 cm³/mol. The number of hydrogen-bond acceptors (Lipinski definition) is 10. The van der Waals surface area contributed by atoms with E-state index < -0.39 is 17.9 Å². The van der Waals surface area contributed by atoms with Gasteiger partial charge in [0.15, 0.2) is 5.15 Å². The molecule has 1 amide bonds. The molecule has 0 aliphatic carbocycles. The standard InChI is InChI=1S/C27H23Cl2N7O5/c1-40-25(38)11-16-3-5-17(6-4-16)21-13-20(27(29)33-32-21)22(14-26(39)41-2)31-24(37)10-7-18-12-19(28)8-9-23(18)36-15-30-34-35-36/h3-10,12-13,15,22H,11,14H2,1-2H3,(H,31,37)/b10-7+. The van der Waals surface area contributed by atoms with Gasteiger partial charge in [-0.25, -0.2) is 0 Å². The van der Waals surface area contributed by atoms with Gasteiger partial charge in [0.05, 0.1) is 44.5 Å². The summed E-state index contributed by atoms with van der Waals surface area (Å²) in [6, 6.07) is 12.8. The summed E-state index contributed by atoms with van der Waals surface area (Å²) in [5, 5.41) is 22.6. The van der Waals surface area contributed by atoms with Crippen molar-refractivity contribution in [2.75, 3.05) is 14.2 Å². The van der Waals surface area contributed by atoms with E-state index in [2.05, 4.69) is 31.0 Å². The number of esters is 2. The van der Waals surface area contributed by atoms with E-state index in [1.807, 2.05) is 0 Å². The van der Waals surface area contributed by atoms with Gasteiger partial charge in [0.2, 0.25) is 5.91 Å². The van der Waals surface area contributed by atoms with Crippen molar-refractivity contribution >= 4 is 47.1 Å². The molecule has 0 fully saturated rings. The topological polar surface area (TPSA) is 151 Å². The minimum absolute atomic E-state index is 0.00468. The number of hydrogen-bond donors (Lipinski definition) is 1. The van der Waals surface area contributed by atoms with Crippen LogP contribution in [0.1, 0.15) is 29.2 Å². The summed E-state index contributed by atoms with van der Waals surface area (Å²) >= 11 is 12.5. The molecule has 2 heterocycles. The molecule has 4 rings (SSSR count). The summed E-state index contributed by atoms with van der Waals surface area (Å²) in [7, 11) is 2.57. The second-order valence-electron chi connectivity index (χ2n) is 8.56. The van der Waals surface area contributed by atoms with Crippen LogP contribution >= 0.6 is 23.2 Å². The van der Waals surface area contributed by atoms with Gasteiger partial charge >= 0.3 is 11.9 Å². The van der Waals surface area contributed by atoms with Gasteiger partial charge in [0.25, 0.3) is 0 Å². The zero-order valence-corrected chi connectivity index (χ0v) is 23.3. The van der Waals surface area contributed by atoms with E-state index in [4.69, 9.17) is 32.7 Å². The van der Waals surface area contributed by atoms with Crippen molar-refractivity contribution in [1.82, 2.24) is 35.7 Å². The second-order valence-corrected chi connectivity index (χ2v) is 9.35. The number of halogens is 2. The number of aromatic nitrogens is 6. The molecular formula is C27H23Cl2N7O5. The van der Waals surface area contributed by atoms with Crippen molar-refractivity contribution in [3.8, 4) is 16.9 Å². The fourth-order valence-electron chi connectivity index (χ4n) is 3.82. The zero-order valence-electron chi connectivity index (χ0n) is 21.8. The Morgan fingerprint density at radius 3 is 2.44 bits per heavy atom. The Morgan fingerprint density at radius 2 is 1.76 bits per heavy atom. The van der Waals surface area contributed by atoms with Crippen molar-refractivity contribution in [3.05, 3.63) is 87.8 Å². The van der Waals surface area contributed by atoms with E-state index in [0.29, 0.717) is 33.1 Å². The van der Waals surface area contributed by atoms with Crippen molar-refractivity contribution in [1.29, 1.82) is 0 Å². The van der Waals surface area contributed by atoms with Crippen LogP contribution in [0.4, 0.5) is 0 Å². The molecule has 1 atom stereocenters. The Kier molecular flexibility index (Phi) is 9.72. The molecule has 2 aromatic carbocycles. The summed E-state index contributed by atoms with van der Waals surface area (Å²) in [4.78, 5) is 36.8. The van der Waals surface area contributed by atoms with Gasteiger partial charge in [0.1, 0.15) is 6.33 Å². The number of carbonyl (C=O) groups is 3. The molecule has 210 valence electrons. The number of benzene rings is 2. The highest BCUT2D eigenvalue weighted by molar-refractivity contribution is 6.31.